The Labute approximate surface area is 89.0 Å². The summed E-state index contributed by atoms with van der Waals surface area (Å²) in [6.07, 6.45) is -2.07. The Hall–Kier alpha value is -1.43. The van der Waals surface area contributed by atoms with Gasteiger partial charge in [-0.3, -0.25) is 0 Å². The highest BCUT2D eigenvalue weighted by Gasteiger charge is 2.24. The Kier molecular flexibility index (Phi) is 3.41. The number of nitrogens with zero attached hydrogens (tertiary/aromatic N) is 1. The van der Waals surface area contributed by atoms with Crippen LogP contribution in [0.5, 0.6) is 0 Å². The number of halogens is 3. The lowest BCUT2D eigenvalue weighted by Crippen LogP contribution is -2.11. The molecule has 1 aromatic heterocycles. The number of hydrogen-bond donors (Lipinski definition) is 1. The number of ether oxygens (including phenoxy) is 1. The first-order valence-corrected chi connectivity index (χ1v) is 4.17. The molecule has 0 saturated carbocycles. The van der Waals surface area contributed by atoms with Gasteiger partial charge in [-0.25, -0.2) is 18.6 Å². The van der Waals surface area contributed by atoms with Crippen LogP contribution in [-0.2, 0) is 4.74 Å². The predicted molar refractivity (Wildman–Crippen MR) is 50.0 cm³/mol. The lowest BCUT2D eigenvalue weighted by atomic mass is 10.1. The summed E-state index contributed by atoms with van der Waals surface area (Å²) in [7, 11) is 1.06. The molecule has 0 aliphatic heterocycles. The van der Waals surface area contributed by atoms with E-state index in [1.807, 2.05) is 0 Å². The molecule has 0 aromatic carbocycles. The van der Waals surface area contributed by atoms with Crippen molar-refractivity contribution in [2.24, 2.45) is 0 Å². The summed E-state index contributed by atoms with van der Waals surface area (Å²) in [4.78, 5) is 14.6. The fourth-order valence-electron chi connectivity index (χ4n) is 1.01. The van der Waals surface area contributed by atoms with Crippen molar-refractivity contribution in [3.8, 4) is 0 Å². The number of alkyl halides is 2. The summed E-state index contributed by atoms with van der Waals surface area (Å²) in [5.74, 6) is -0.966. The van der Waals surface area contributed by atoms with Crippen LogP contribution >= 0.6 is 11.6 Å². The lowest BCUT2D eigenvalue weighted by Gasteiger charge is -2.09. The van der Waals surface area contributed by atoms with Gasteiger partial charge in [0.15, 0.2) is 5.15 Å². The summed E-state index contributed by atoms with van der Waals surface area (Å²) in [5.41, 5.74) is 4.03. The normalized spacial score (nSPS) is 10.5. The van der Waals surface area contributed by atoms with Crippen LogP contribution in [0.2, 0.25) is 5.15 Å². The summed E-state index contributed by atoms with van der Waals surface area (Å²) >= 11 is 5.50. The molecule has 0 fully saturated rings. The van der Waals surface area contributed by atoms with Gasteiger partial charge >= 0.3 is 5.97 Å². The van der Waals surface area contributed by atoms with Gasteiger partial charge in [0.2, 0.25) is 0 Å². The second kappa shape index (κ2) is 4.39. The zero-order valence-electron chi connectivity index (χ0n) is 7.63. The van der Waals surface area contributed by atoms with Crippen LogP contribution < -0.4 is 5.73 Å². The minimum absolute atomic E-state index is 0.209. The van der Waals surface area contributed by atoms with Crippen molar-refractivity contribution in [2.75, 3.05) is 12.8 Å². The third-order valence-corrected chi connectivity index (χ3v) is 2.02. The number of carbonyl (C=O) groups excluding carboxylic acids is 1. The zero-order valence-corrected chi connectivity index (χ0v) is 8.39. The van der Waals surface area contributed by atoms with Gasteiger partial charge in [-0.2, -0.15) is 0 Å². The monoisotopic (exact) mass is 236 g/mol. The molecule has 4 nitrogen and oxygen atoms in total. The summed E-state index contributed by atoms with van der Waals surface area (Å²) < 4.78 is 29.3. The SMILES string of the molecule is COC(=O)c1c(C(F)F)cnc(Cl)c1N. The molecule has 0 aliphatic rings. The van der Waals surface area contributed by atoms with Crippen molar-refractivity contribution in [1.29, 1.82) is 0 Å². The highest BCUT2D eigenvalue weighted by atomic mass is 35.5. The first-order chi connectivity index (χ1) is 6.99. The van der Waals surface area contributed by atoms with E-state index in [-0.39, 0.29) is 10.8 Å². The molecule has 1 rings (SSSR count). The van der Waals surface area contributed by atoms with Gasteiger partial charge in [0.05, 0.1) is 23.9 Å². The van der Waals surface area contributed by atoms with Crippen LogP contribution in [0.15, 0.2) is 6.20 Å². The van der Waals surface area contributed by atoms with Gasteiger partial charge in [0.25, 0.3) is 6.43 Å². The van der Waals surface area contributed by atoms with Gasteiger partial charge in [-0.15, -0.1) is 0 Å². The minimum atomic E-state index is -2.87. The first-order valence-electron chi connectivity index (χ1n) is 3.79. The van der Waals surface area contributed by atoms with E-state index in [9.17, 15) is 13.6 Å². The second-order valence-electron chi connectivity index (χ2n) is 2.59. The number of esters is 1. The number of anilines is 1. The van der Waals surface area contributed by atoms with Crippen molar-refractivity contribution < 1.29 is 18.3 Å². The highest BCUT2D eigenvalue weighted by molar-refractivity contribution is 6.32. The number of pyridine rings is 1. The lowest BCUT2D eigenvalue weighted by molar-refractivity contribution is 0.0590. The molecule has 0 radical (unpaired) electrons. The van der Waals surface area contributed by atoms with Gasteiger partial charge in [-0.05, 0) is 0 Å². The third-order valence-electron chi connectivity index (χ3n) is 1.72. The Morgan fingerprint density at radius 2 is 2.27 bits per heavy atom. The Balaban J connectivity index is 3.41. The molecule has 0 atom stereocenters. The molecule has 0 saturated heterocycles. The number of carbonyl (C=O) groups is 1. The Morgan fingerprint density at radius 3 is 2.73 bits per heavy atom. The van der Waals surface area contributed by atoms with Crippen molar-refractivity contribution in [2.45, 2.75) is 6.43 Å². The van der Waals surface area contributed by atoms with Gasteiger partial charge in [-0.1, -0.05) is 11.6 Å². The predicted octanol–water partition coefficient (Wildman–Crippen LogP) is 2.04. The smallest absolute Gasteiger partial charge is 0.340 e. The van der Waals surface area contributed by atoms with Crippen molar-refractivity contribution in [3.05, 3.63) is 22.5 Å². The van der Waals surface area contributed by atoms with Gasteiger partial charge < -0.3 is 10.5 Å². The fraction of sp³-hybridized carbons (Fsp3) is 0.250. The van der Waals surface area contributed by atoms with E-state index in [1.54, 1.807) is 0 Å². The van der Waals surface area contributed by atoms with E-state index in [0.717, 1.165) is 13.3 Å². The molecule has 0 spiro atoms. The number of nitrogen functional groups attached to an aromatic ring is 1. The van der Waals surface area contributed by atoms with Crippen LogP contribution in [0.1, 0.15) is 22.3 Å². The van der Waals surface area contributed by atoms with Crippen molar-refractivity contribution in [3.63, 3.8) is 0 Å². The Morgan fingerprint density at radius 1 is 1.67 bits per heavy atom. The molecular weight excluding hydrogens is 230 g/mol. The number of nitrogens with two attached hydrogens (primary N) is 1. The van der Waals surface area contributed by atoms with E-state index in [1.165, 1.54) is 0 Å². The number of hydrogen-bond acceptors (Lipinski definition) is 4. The van der Waals surface area contributed by atoms with Crippen molar-refractivity contribution >= 4 is 23.3 Å². The molecule has 82 valence electrons. The molecule has 1 heterocycles. The first kappa shape index (κ1) is 11.6. The molecule has 0 aliphatic carbocycles. The van der Waals surface area contributed by atoms with Gasteiger partial charge in [0, 0.05) is 6.20 Å². The van der Waals surface area contributed by atoms with E-state index in [4.69, 9.17) is 17.3 Å². The van der Waals surface area contributed by atoms with E-state index in [2.05, 4.69) is 9.72 Å². The van der Waals surface area contributed by atoms with E-state index >= 15 is 0 Å². The molecule has 0 unspecified atom stereocenters. The molecule has 2 N–H and O–H groups in total. The molecule has 7 heteroatoms. The van der Waals surface area contributed by atoms with Gasteiger partial charge in [0.1, 0.15) is 0 Å². The highest BCUT2D eigenvalue weighted by Crippen LogP contribution is 2.30. The number of aromatic nitrogens is 1. The van der Waals surface area contributed by atoms with Crippen LogP contribution in [0.3, 0.4) is 0 Å². The summed E-state index contributed by atoms with van der Waals surface area (Å²) in [6.45, 7) is 0. The van der Waals surface area contributed by atoms with E-state index in [0.29, 0.717) is 0 Å². The minimum Gasteiger partial charge on any atom is -0.465 e. The topological polar surface area (TPSA) is 65.2 Å². The molecule has 0 amide bonds. The maximum Gasteiger partial charge on any atom is 0.340 e. The van der Waals surface area contributed by atoms with Crippen LogP contribution in [0, 0.1) is 0 Å². The quantitative estimate of drug-likeness (QED) is 0.630. The average Bonchev–Trinajstić information content (AvgIpc) is 2.20. The van der Waals surface area contributed by atoms with Crippen LogP contribution in [0.4, 0.5) is 14.5 Å². The van der Waals surface area contributed by atoms with Crippen LogP contribution in [-0.4, -0.2) is 18.1 Å². The number of methoxy groups -OCH3 is 1. The standard InChI is InChI=1S/C8H7ClF2N2O2/c1-15-8(14)4-3(7(10)11)2-13-6(9)5(4)12/h2,7H,12H2,1H3. The molecular formula is C8H7ClF2N2O2. The maximum absolute atomic E-state index is 12.5. The zero-order chi connectivity index (χ0) is 11.6. The maximum atomic E-state index is 12.5. The summed E-state index contributed by atoms with van der Waals surface area (Å²) in [6, 6.07) is 0. The third kappa shape index (κ3) is 2.15. The van der Waals surface area contributed by atoms with Crippen LogP contribution in [0.25, 0.3) is 0 Å². The molecule has 0 bridgehead atoms. The average molecular weight is 237 g/mol. The molecule has 1 aromatic rings. The summed E-state index contributed by atoms with van der Waals surface area (Å²) in [5, 5.41) is -0.209. The largest absolute Gasteiger partial charge is 0.465 e. The molecule has 15 heavy (non-hydrogen) atoms. The Bertz CT molecular complexity index is 398. The number of rotatable bonds is 2. The van der Waals surface area contributed by atoms with Crippen molar-refractivity contribution in [1.82, 2.24) is 4.98 Å². The second-order valence-corrected chi connectivity index (χ2v) is 2.94. The van der Waals surface area contributed by atoms with E-state index < -0.39 is 23.5 Å². The fourth-order valence-corrected chi connectivity index (χ4v) is 1.16.